The molecule has 0 aliphatic heterocycles. The van der Waals surface area contributed by atoms with Crippen molar-refractivity contribution >= 4 is 71.0 Å². The molecule has 0 radical (unpaired) electrons. The molecule has 1 aromatic carbocycles. The highest BCUT2D eigenvalue weighted by atomic mass is 80.0. The Balaban J connectivity index is 2.83. The Kier molecular flexibility index (Phi) is 4.58. The van der Waals surface area contributed by atoms with Crippen molar-refractivity contribution in [2.24, 2.45) is 0 Å². The molecule has 1 aromatic rings. The molecule has 0 heterocycles. The van der Waals surface area contributed by atoms with Gasteiger partial charge >= 0.3 is 0 Å². The molecule has 0 aromatic heterocycles. The van der Waals surface area contributed by atoms with E-state index in [1.165, 1.54) is 18.2 Å². The zero-order valence-corrected chi connectivity index (χ0v) is 12.5. The molecular weight excluding hydrogens is 420 g/mol. The molecule has 0 saturated carbocycles. The van der Waals surface area contributed by atoms with E-state index in [1.807, 2.05) is 0 Å². The number of anilines is 1. The first kappa shape index (κ1) is 13.4. The van der Waals surface area contributed by atoms with Gasteiger partial charge in [0.15, 0.2) is 0 Å². The Morgan fingerprint density at radius 1 is 1.40 bits per heavy atom. The maximum Gasteiger partial charge on any atom is 0.263 e. The third-order valence-electron chi connectivity index (χ3n) is 1.43. The Morgan fingerprint density at radius 3 is 2.47 bits per heavy atom. The number of benzene rings is 1. The van der Waals surface area contributed by atoms with Crippen LogP contribution in [0.1, 0.15) is 0 Å². The normalized spacial score (nSPS) is 11.3. The fourth-order valence-electron chi connectivity index (χ4n) is 0.776. The van der Waals surface area contributed by atoms with E-state index in [9.17, 15) is 9.18 Å². The lowest BCUT2D eigenvalue weighted by molar-refractivity contribution is -0.114. The van der Waals surface area contributed by atoms with E-state index in [0.29, 0.717) is 5.69 Å². The molecule has 1 amide bonds. The van der Waals surface area contributed by atoms with Crippen LogP contribution in [0.4, 0.5) is 10.1 Å². The number of rotatable bonds is 1. The summed E-state index contributed by atoms with van der Waals surface area (Å²) in [6.07, 6.45) is 0. The van der Waals surface area contributed by atoms with E-state index in [4.69, 9.17) is 11.6 Å². The summed E-state index contributed by atoms with van der Waals surface area (Å²) in [5.74, 6) is -0.914. The van der Waals surface area contributed by atoms with Crippen molar-refractivity contribution in [2.45, 2.75) is 2.14 Å². The van der Waals surface area contributed by atoms with Gasteiger partial charge in [-0.05, 0) is 66.0 Å². The van der Waals surface area contributed by atoms with E-state index < -0.39 is 7.96 Å². The van der Waals surface area contributed by atoms with E-state index in [0.717, 1.165) is 0 Å². The summed E-state index contributed by atoms with van der Waals surface area (Å²) in [7, 11) is 0. The minimum absolute atomic E-state index is 0.0443. The maximum atomic E-state index is 12.8. The fraction of sp³-hybridized carbons (Fsp3) is 0.125. The Hall–Kier alpha value is 0.350. The quantitative estimate of drug-likeness (QED) is 0.671. The molecule has 82 valence electrons. The molecule has 15 heavy (non-hydrogen) atoms. The minimum atomic E-state index is -1.05. The summed E-state index contributed by atoms with van der Waals surface area (Å²) in [6, 6.07) is 3.92. The van der Waals surface area contributed by atoms with Gasteiger partial charge in [-0.1, -0.05) is 11.6 Å². The molecule has 2 nitrogen and oxygen atoms in total. The van der Waals surface area contributed by atoms with Crippen molar-refractivity contribution in [3.8, 4) is 0 Å². The summed E-state index contributed by atoms with van der Waals surface area (Å²) in [6.45, 7) is 0. The molecule has 7 heteroatoms. The molecule has 0 unspecified atom stereocenters. The highest BCUT2D eigenvalue weighted by Gasteiger charge is 2.28. The third kappa shape index (κ3) is 4.01. The molecule has 0 aliphatic rings. The number of hydrogen-bond donors (Lipinski definition) is 1. The Labute approximate surface area is 116 Å². The molecule has 1 rings (SSSR count). The van der Waals surface area contributed by atoms with Crippen molar-refractivity contribution in [1.82, 2.24) is 0 Å². The van der Waals surface area contributed by atoms with Crippen molar-refractivity contribution in [1.29, 1.82) is 0 Å². The van der Waals surface area contributed by atoms with Crippen LogP contribution < -0.4 is 5.32 Å². The van der Waals surface area contributed by atoms with Crippen LogP contribution in [0.15, 0.2) is 18.2 Å². The number of amides is 1. The zero-order chi connectivity index (χ0) is 11.6. The second-order valence-corrected chi connectivity index (χ2v) is 9.75. The molecule has 0 bridgehead atoms. The second-order valence-electron chi connectivity index (χ2n) is 2.58. The molecule has 0 aliphatic carbocycles. The van der Waals surface area contributed by atoms with Gasteiger partial charge in [-0.15, -0.1) is 0 Å². The minimum Gasteiger partial charge on any atom is -0.323 e. The van der Waals surface area contributed by atoms with Crippen LogP contribution in [0.5, 0.6) is 0 Å². The van der Waals surface area contributed by atoms with Gasteiger partial charge in [-0.25, -0.2) is 4.39 Å². The summed E-state index contributed by atoms with van der Waals surface area (Å²) in [4.78, 5) is 11.4. The van der Waals surface area contributed by atoms with Crippen molar-refractivity contribution in [2.75, 3.05) is 5.32 Å². The number of hydrogen-bond acceptors (Lipinski definition) is 1. The highest BCUT2D eigenvalue weighted by molar-refractivity contribution is 9.40. The number of nitrogens with one attached hydrogen (secondary N) is 1. The first-order valence-electron chi connectivity index (χ1n) is 3.64. The lowest BCUT2D eigenvalue weighted by atomic mass is 10.3. The lowest BCUT2D eigenvalue weighted by Crippen LogP contribution is -2.25. The van der Waals surface area contributed by atoms with E-state index >= 15 is 0 Å². The number of alkyl halides is 3. The van der Waals surface area contributed by atoms with Crippen LogP contribution in [0.25, 0.3) is 0 Å². The van der Waals surface area contributed by atoms with E-state index in [2.05, 4.69) is 53.1 Å². The van der Waals surface area contributed by atoms with Gasteiger partial charge in [0, 0.05) is 5.69 Å². The van der Waals surface area contributed by atoms with Gasteiger partial charge in [0.05, 0.1) is 5.02 Å². The van der Waals surface area contributed by atoms with Crippen LogP contribution in [0.3, 0.4) is 0 Å². The van der Waals surface area contributed by atoms with Crippen molar-refractivity contribution < 1.29 is 9.18 Å². The first-order chi connectivity index (χ1) is 6.80. The molecule has 0 fully saturated rings. The van der Waals surface area contributed by atoms with Crippen LogP contribution in [0, 0.1) is 5.82 Å². The lowest BCUT2D eigenvalue weighted by Gasteiger charge is -2.12. The highest BCUT2D eigenvalue weighted by Crippen LogP contribution is 2.34. The van der Waals surface area contributed by atoms with Crippen LogP contribution in [-0.2, 0) is 4.79 Å². The third-order valence-corrected chi connectivity index (χ3v) is 2.80. The number of halogens is 5. The average molecular weight is 424 g/mol. The van der Waals surface area contributed by atoms with E-state index in [-0.39, 0.29) is 10.9 Å². The van der Waals surface area contributed by atoms with Gasteiger partial charge in [0.2, 0.25) is 2.14 Å². The second kappa shape index (κ2) is 5.12. The van der Waals surface area contributed by atoms with Crippen molar-refractivity contribution in [3.63, 3.8) is 0 Å². The molecule has 0 saturated heterocycles. The topological polar surface area (TPSA) is 29.1 Å². The van der Waals surface area contributed by atoms with Crippen LogP contribution in [-0.4, -0.2) is 8.05 Å². The summed E-state index contributed by atoms with van der Waals surface area (Å²) >= 11 is 14.7. The Morgan fingerprint density at radius 2 is 2.00 bits per heavy atom. The molecule has 0 atom stereocenters. The van der Waals surface area contributed by atoms with Gasteiger partial charge in [0.1, 0.15) is 5.82 Å². The van der Waals surface area contributed by atoms with Gasteiger partial charge in [-0.3, -0.25) is 4.79 Å². The Bertz CT molecular complexity index is 394. The smallest absolute Gasteiger partial charge is 0.263 e. The number of carbonyl (C=O) groups excluding carboxylic acids is 1. The van der Waals surface area contributed by atoms with Gasteiger partial charge < -0.3 is 5.32 Å². The summed E-state index contributed by atoms with van der Waals surface area (Å²) < 4.78 is 11.7. The first-order valence-corrected chi connectivity index (χ1v) is 6.39. The predicted octanol–water partition coefficient (Wildman–Crippen LogP) is 4.26. The number of carbonyl (C=O) groups is 1. The van der Waals surface area contributed by atoms with Crippen molar-refractivity contribution in [3.05, 3.63) is 29.0 Å². The maximum absolute atomic E-state index is 12.8. The summed E-state index contributed by atoms with van der Waals surface area (Å²) in [5, 5.41) is 2.47. The SMILES string of the molecule is O=C(Nc1ccc(F)c(Cl)c1)C(Br)(Br)Br. The molecule has 0 spiro atoms. The molecule has 1 N–H and O–H groups in total. The van der Waals surface area contributed by atoms with Crippen LogP contribution in [0.2, 0.25) is 5.02 Å². The predicted molar refractivity (Wildman–Crippen MR) is 69.6 cm³/mol. The van der Waals surface area contributed by atoms with Crippen LogP contribution >= 0.6 is 59.4 Å². The van der Waals surface area contributed by atoms with E-state index in [1.54, 1.807) is 0 Å². The monoisotopic (exact) mass is 421 g/mol. The fourth-order valence-corrected chi connectivity index (χ4v) is 1.25. The largest absolute Gasteiger partial charge is 0.323 e. The summed E-state index contributed by atoms with van der Waals surface area (Å²) in [5.41, 5.74) is 0.411. The zero-order valence-electron chi connectivity index (χ0n) is 7.03. The standard InChI is InChI=1S/C8H4Br3ClFNO/c9-8(10,11)7(15)14-4-1-2-6(13)5(12)3-4/h1-3H,(H,14,15). The molecular formula is C8H4Br3ClFNO. The van der Waals surface area contributed by atoms with Gasteiger partial charge in [0.25, 0.3) is 5.91 Å². The van der Waals surface area contributed by atoms with Gasteiger partial charge in [-0.2, -0.15) is 0 Å². The average Bonchev–Trinajstić information content (AvgIpc) is 2.10.